The Bertz CT molecular complexity index is 286. The molecule has 4 atom stereocenters. The molecule has 4 aliphatic heterocycles. The van der Waals surface area contributed by atoms with E-state index in [-0.39, 0.29) is 18.6 Å². The largest absolute Gasteiger partial charge is 0.339 e. The SMILES string of the molecule is CP1C2(C)CC3(C)OC(C)(CC1(C)O3)O2. The molecule has 86 valence electrons. The Morgan fingerprint density at radius 1 is 0.800 bits per heavy atom. The lowest BCUT2D eigenvalue weighted by Gasteiger charge is -2.69. The van der Waals surface area contributed by atoms with E-state index in [9.17, 15) is 0 Å². The molecule has 4 heterocycles. The second-order valence-corrected chi connectivity index (χ2v) is 8.85. The Morgan fingerprint density at radius 3 is 1.60 bits per heavy atom. The van der Waals surface area contributed by atoms with Gasteiger partial charge in [-0.3, -0.25) is 0 Å². The minimum atomic E-state index is -0.441. The highest BCUT2D eigenvalue weighted by molar-refractivity contribution is 7.59. The summed E-state index contributed by atoms with van der Waals surface area (Å²) in [6, 6.07) is 0. The maximum absolute atomic E-state index is 6.17. The van der Waals surface area contributed by atoms with Gasteiger partial charge in [-0.05, 0) is 42.3 Å². The van der Waals surface area contributed by atoms with Crippen LogP contribution in [0.3, 0.4) is 0 Å². The maximum atomic E-state index is 6.17. The fourth-order valence-electron chi connectivity index (χ4n) is 3.71. The molecule has 15 heavy (non-hydrogen) atoms. The molecular weight excluding hydrogens is 211 g/mol. The molecule has 0 spiro atoms. The first-order chi connectivity index (χ1) is 6.69. The van der Waals surface area contributed by atoms with Gasteiger partial charge >= 0.3 is 0 Å². The van der Waals surface area contributed by atoms with Crippen molar-refractivity contribution in [3.63, 3.8) is 0 Å². The van der Waals surface area contributed by atoms with Gasteiger partial charge in [0.05, 0.1) is 10.7 Å². The van der Waals surface area contributed by atoms with E-state index in [1.807, 2.05) is 13.8 Å². The Labute approximate surface area is 92.2 Å². The second kappa shape index (κ2) is 2.43. The lowest BCUT2D eigenvalue weighted by molar-refractivity contribution is -0.468. The molecule has 4 fully saturated rings. The molecule has 4 unspecified atom stereocenters. The van der Waals surface area contributed by atoms with Gasteiger partial charge in [0.2, 0.25) is 0 Å². The Hall–Kier alpha value is 0.310. The van der Waals surface area contributed by atoms with E-state index in [2.05, 4.69) is 20.5 Å². The zero-order valence-corrected chi connectivity index (χ0v) is 11.0. The molecule has 0 aliphatic carbocycles. The summed E-state index contributed by atoms with van der Waals surface area (Å²) in [5, 5.41) is -0.0787. The molecule has 0 aromatic heterocycles. The van der Waals surface area contributed by atoms with E-state index in [0.29, 0.717) is 0 Å². The van der Waals surface area contributed by atoms with E-state index in [0.717, 1.165) is 12.8 Å². The molecule has 4 heteroatoms. The van der Waals surface area contributed by atoms with Crippen LogP contribution in [-0.4, -0.2) is 28.9 Å². The predicted octanol–water partition coefficient (Wildman–Crippen LogP) is 2.83. The highest BCUT2D eigenvalue weighted by atomic mass is 31.1. The van der Waals surface area contributed by atoms with Gasteiger partial charge in [0, 0.05) is 12.8 Å². The highest BCUT2D eigenvalue weighted by Crippen LogP contribution is 2.74. The van der Waals surface area contributed by atoms with Crippen LogP contribution >= 0.6 is 7.92 Å². The van der Waals surface area contributed by atoms with Crippen molar-refractivity contribution in [3.05, 3.63) is 0 Å². The number of ether oxygens (including phenoxy) is 3. The van der Waals surface area contributed by atoms with E-state index < -0.39 is 11.6 Å². The van der Waals surface area contributed by atoms with Crippen LogP contribution in [0.5, 0.6) is 0 Å². The molecule has 0 saturated carbocycles. The number of rotatable bonds is 0. The summed E-state index contributed by atoms with van der Waals surface area (Å²) < 4.78 is 18.3. The van der Waals surface area contributed by atoms with Crippen molar-refractivity contribution in [1.82, 2.24) is 0 Å². The third-order valence-electron chi connectivity index (χ3n) is 4.02. The molecule has 3 nitrogen and oxygen atoms in total. The summed E-state index contributed by atoms with van der Waals surface area (Å²) in [7, 11) is -0.278. The van der Waals surface area contributed by atoms with Crippen LogP contribution in [0.25, 0.3) is 0 Å². The van der Waals surface area contributed by atoms with Crippen LogP contribution in [0.4, 0.5) is 0 Å². The molecule has 4 saturated heterocycles. The zero-order valence-electron chi connectivity index (χ0n) is 10.1. The van der Waals surface area contributed by atoms with Crippen LogP contribution in [0.2, 0.25) is 0 Å². The van der Waals surface area contributed by atoms with Crippen molar-refractivity contribution in [3.8, 4) is 0 Å². The highest BCUT2D eigenvalue weighted by Gasteiger charge is 2.69. The summed E-state index contributed by atoms with van der Waals surface area (Å²) in [5.41, 5.74) is 0. The van der Waals surface area contributed by atoms with Crippen LogP contribution in [0.1, 0.15) is 40.5 Å². The first-order valence-electron chi connectivity index (χ1n) is 5.53. The van der Waals surface area contributed by atoms with Crippen molar-refractivity contribution < 1.29 is 14.2 Å². The lowest BCUT2D eigenvalue weighted by atomic mass is 9.98. The standard InChI is InChI=1S/C11H19O3P/c1-8-6-10(3)14-9(2,12-8)7-11(4,13-8)15(10)5/h6-7H2,1-5H3. The zero-order chi connectivity index (χ0) is 11.1. The first-order valence-corrected chi connectivity index (χ1v) is 7.32. The Balaban J connectivity index is 2.12. The smallest absolute Gasteiger partial charge is 0.173 e. The minimum absolute atomic E-state index is 0.0394. The van der Waals surface area contributed by atoms with Crippen molar-refractivity contribution in [2.24, 2.45) is 0 Å². The Morgan fingerprint density at radius 2 is 1.20 bits per heavy atom. The summed E-state index contributed by atoms with van der Waals surface area (Å²) in [5.74, 6) is -0.882. The monoisotopic (exact) mass is 230 g/mol. The first kappa shape index (κ1) is 10.5. The third-order valence-corrected chi connectivity index (χ3v) is 7.36. The summed E-state index contributed by atoms with van der Waals surface area (Å²) >= 11 is 0. The molecule has 0 N–H and O–H groups in total. The van der Waals surface area contributed by atoms with Gasteiger partial charge in [-0.2, -0.15) is 0 Å². The molecule has 0 aromatic carbocycles. The van der Waals surface area contributed by atoms with Gasteiger partial charge in [0.15, 0.2) is 11.6 Å². The van der Waals surface area contributed by atoms with E-state index >= 15 is 0 Å². The van der Waals surface area contributed by atoms with Crippen LogP contribution in [0, 0.1) is 0 Å². The van der Waals surface area contributed by atoms with Crippen molar-refractivity contribution in [1.29, 1.82) is 0 Å². The Kier molecular flexibility index (Phi) is 1.69. The molecule has 4 aliphatic rings. The molecule has 0 aromatic rings. The van der Waals surface area contributed by atoms with Gasteiger partial charge in [-0.1, -0.05) is 0 Å². The summed E-state index contributed by atoms with van der Waals surface area (Å²) in [6.45, 7) is 10.8. The van der Waals surface area contributed by atoms with E-state index in [4.69, 9.17) is 14.2 Å². The van der Waals surface area contributed by atoms with Gasteiger partial charge in [0.25, 0.3) is 0 Å². The average Bonchev–Trinajstić information content (AvgIpc) is 1.93. The molecule has 0 amide bonds. The maximum Gasteiger partial charge on any atom is 0.173 e. The summed E-state index contributed by atoms with van der Waals surface area (Å²) in [6.07, 6.45) is 1.71. The molecule has 4 rings (SSSR count). The van der Waals surface area contributed by atoms with Crippen LogP contribution in [-0.2, 0) is 14.2 Å². The van der Waals surface area contributed by atoms with E-state index in [1.165, 1.54) is 0 Å². The molecule has 4 bridgehead atoms. The average molecular weight is 230 g/mol. The van der Waals surface area contributed by atoms with Crippen LogP contribution in [0.15, 0.2) is 0 Å². The van der Waals surface area contributed by atoms with Gasteiger partial charge in [0.1, 0.15) is 0 Å². The number of hydrogen-bond donors (Lipinski definition) is 0. The quantitative estimate of drug-likeness (QED) is 0.599. The van der Waals surface area contributed by atoms with Gasteiger partial charge in [-0.15, -0.1) is 0 Å². The van der Waals surface area contributed by atoms with E-state index in [1.54, 1.807) is 0 Å². The topological polar surface area (TPSA) is 27.7 Å². The van der Waals surface area contributed by atoms with Crippen LogP contribution < -0.4 is 0 Å². The fourth-order valence-corrected chi connectivity index (χ4v) is 6.42. The normalized spacial score (nSPS) is 67.4. The lowest BCUT2D eigenvalue weighted by Crippen LogP contribution is -2.71. The van der Waals surface area contributed by atoms with Crippen molar-refractivity contribution in [2.45, 2.75) is 62.8 Å². The second-order valence-electron chi connectivity index (χ2n) is 5.84. The van der Waals surface area contributed by atoms with Gasteiger partial charge < -0.3 is 14.2 Å². The number of hydrogen-bond acceptors (Lipinski definition) is 3. The fraction of sp³-hybridized carbons (Fsp3) is 1.00. The molecular formula is C11H19O3P. The van der Waals surface area contributed by atoms with Gasteiger partial charge in [-0.25, -0.2) is 0 Å². The summed E-state index contributed by atoms with van der Waals surface area (Å²) in [4.78, 5) is 0. The molecule has 0 radical (unpaired) electrons. The third kappa shape index (κ3) is 1.21. The minimum Gasteiger partial charge on any atom is -0.339 e. The predicted molar refractivity (Wildman–Crippen MR) is 59.0 cm³/mol. The van der Waals surface area contributed by atoms with Crippen molar-refractivity contribution >= 4 is 7.92 Å². The van der Waals surface area contributed by atoms with Crippen molar-refractivity contribution in [2.75, 3.05) is 6.66 Å².